The van der Waals surface area contributed by atoms with Crippen molar-refractivity contribution in [3.63, 3.8) is 0 Å². The number of nitrogens with two attached hydrogens (primary N) is 1. The average molecular weight is 251 g/mol. The first-order chi connectivity index (χ1) is 8.28. The molecule has 0 saturated carbocycles. The van der Waals surface area contributed by atoms with Gasteiger partial charge in [-0.1, -0.05) is 6.07 Å². The largest absolute Gasteiger partial charge is 0.472 e. The molecule has 1 rings (SSSR count). The fourth-order valence-corrected chi connectivity index (χ4v) is 1.24. The zero-order chi connectivity index (χ0) is 13.8. The van der Waals surface area contributed by atoms with Gasteiger partial charge in [0.1, 0.15) is 5.60 Å². The molecule has 0 aromatic carbocycles. The molecule has 0 aliphatic rings. The average Bonchev–Trinajstić information content (AvgIpc) is 2.25. The molecule has 0 spiro atoms. The van der Waals surface area contributed by atoms with Gasteiger partial charge in [0, 0.05) is 18.8 Å². The summed E-state index contributed by atoms with van der Waals surface area (Å²) < 4.78 is 5.60. The molecule has 0 radical (unpaired) electrons. The maximum absolute atomic E-state index is 11.3. The molecule has 0 bridgehead atoms. The van der Waals surface area contributed by atoms with Crippen LogP contribution in [0, 0.1) is 0 Å². The van der Waals surface area contributed by atoms with E-state index in [1.165, 1.54) is 0 Å². The van der Waals surface area contributed by atoms with Crippen LogP contribution in [0.4, 0.5) is 0 Å². The van der Waals surface area contributed by atoms with E-state index in [0.29, 0.717) is 12.4 Å². The molecule has 0 aliphatic carbocycles. The number of ether oxygens (including phenoxy) is 1. The zero-order valence-electron chi connectivity index (χ0n) is 11.4. The minimum absolute atomic E-state index is 0.176. The number of hydrogen-bond donors (Lipinski definition) is 2. The normalized spacial score (nSPS) is 12.9. The van der Waals surface area contributed by atoms with Crippen LogP contribution in [0.5, 0.6) is 5.88 Å². The summed E-state index contributed by atoms with van der Waals surface area (Å²) in [5.41, 5.74) is 6.09. The van der Waals surface area contributed by atoms with Crippen molar-refractivity contribution >= 4 is 5.91 Å². The zero-order valence-corrected chi connectivity index (χ0v) is 11.4. The smallest absolute Gasteiger partial charge is 0.236 e. The van der Waals surface area contributed by atoms with Gasteiger partial charge < -0.3 is 15.8 Å². The lowest BCUT2D eigenvalue weighted by Gasteiger charge is -2.20. The van der Waals surface area contributed by atoms with Crippen LogP contribution in [-0.4, -0.2) is 22.5 Å². The van der Waals surface area contributed by atoms with E-state index in [0.717, 1.165) is 5.56 Å². The van der Waals surface area contributed by atoms with Crippen molar-refractivity contribution in [3.05, 3.63) is 23.9 Å². The van der Waals surface area contributed by atoms with Crippen molar-refractivity contribution in [2.24, 2.45) is 5.73 Å². The first-order valence-electron chi connectivity index (χ1n) is 5.95. The predicted molar refractivity (Wildman–Crippen MR) is 70.1 cm³/mol. The standard InChI is InChI=1S/C13H21N3O2/c1-9(14)12(17)16-8-10-5-6-11(15-7-10)18-13(2,3)4/h5-7,9H,8,14H2,1-4H3,(H,16,17). The first kappa shape index (κ1) is 14.4. The number of amides is 1. The molecular weight excluding hydrogens is 230 g/mol. The molecule has 5 nitrogen and oxygen atoms in total. The molecule has 0 saturated heterocycles. The van der Waals surface area contributed by atoms with Crippen molar-refractivity contribution in [2.45, 2.75) is 45.9 Å². The van der Waals surface area contributed by atoms with Crippen molar-refractivity contribution in [1.29, 1.82) is 0 Å². The number of nitrogens with zero attached hydrogens (tertiary/aromatic N) is 1. The molecule has 1 unspecified atom stereocenters. The third-order valence-electron chi connectivity index (χ3n) is 2.09. The van der Waals surface area contributed by atoms with Crippen molar-refractivity contribution in [2.75, 3.05) is 0 Å². The van der Waals surface area contributed by atoms with Gasteiger partial charge in [-0.2, -0.15) is 0 Å². The van der Waals surface area contributed by atoms with E-state index >= 15 is 0 Å². The Hall–Kier alpha value is -1.62. The maximum Gasteiger partial charge on any atom is 0.236 e. The lowest BCUT2D eigenvalue weighted by molar-refractivity contribution is -0.122. The summed E-state index contributed by atoms with van der Waals surface area (Å²) in [6, 6.07) is 3.16. The fraction of sp³-hybridized carbons (Fsp3) is 0.538. The molecule has 100 valence electrons. The Bertz CT molecular complexity index is 394. The summed E-state index contributed by atoms with van der Waals surface area (Å²) >= 11 is 0. The first-order valence-corrected chi connectivity index (χ1v) is 5.95. The Morgan fingerprint density at radius 2 is 2.17 bits per heavy atom. The van der Waals surface area contributed by atoms with Crippen LogP contribution >= 0.6 is 0 Å². The highest BCUT2D eigenvalue weighted by Gasteiger charge is 2.12. The van der Waals surface area contributed by atoms with Crippen LogP contribution in [0.2, 0.25) is 0 Å². The van der Waals surface area contributed by atoms with E-state index in [-0.39, 0.29) is 11.5 Å². The van der Waals surface area contributed by atoms with Crippen LogP contribution < -0.4 is 15.8 Å². The molecule has 1 aromatic rings. The van der Waals surface area contributed by atoms with Gasteiger partial charge >= 0.3 is 0 Å². The van der Waals surface area contributed by atoms with Gasteiger partial charge in [-0.15, -0.1) is 0 Å². The highest BCUT2D eigenvalue weighted by atomic mass is 16.5. The van der Waals surface area contributed by atoms with Crippen LogP contribution in [0.1, 0.15) is 33.3 Å². The minimum Gasteiger partial charge on any atom is -0.472 e. The van der Waals surface area contributed by atoms with Crippen LogP contribution in [0.15, 0.2) is 18.3 Å². The van der Waals surface area contributed by atoms with E-state index in [1.807, 2.05) is 26.8 Å². The lowest BCUT2D eigenvalue weighted by Crippen LogP contribution is -2.37. The van der Waals surface area contributed by atoms with E-state index < -0.39 is 6.04 Å². The molecular formula is C13H21N3O2. The quantitative estimate of drug-likeness (QED) is 0.843. The van der Waals surface area contributed by atoms with Gasteiger partial charge in [0.15, 0.2) is 0 Å². The third kappa shape index (κ3) is 5.14. The van der Waals surface area contributed by atoms with Gasteiger partial charge in [-0.25, -0.2) is 4.98 Å². The second kappa shape index (κ2) is 5.82. The third-order valence-corrected chi connectivity index (χ3v) is 2.09. The lowest BCUT2D eigenvalue weighted by atomic mass is 10.2. The fourth-order valence-electron chi connectivity index (χ4n) is 1.24. The van der Waals surface area contributed by atoms with Gasteiger partial charge in [0.05, 0.1) is 6.04 Å². The molecule has 1 amide bonds. The number of rotatable bonds is 4. The van der Waals surface area contributed by atoms with Crippen LogP contribution in [-0.2, 0) is 11.3 Å². The number of hydrogen-bond acceptors (Lipinski definition) is 4. The molecule has 3 N–H and O–H groups in total. The summed E-state index contributed by atoms with van der Waals surface area (Å²) in [6.07, 6.45) is 1.68. The Morgan fingerprint density at radius 1 is 1.50 bits per heavy atom. The number of nitrogens with one attached hydrogen (secondary N) is 1. The molecule has 1 atom stereocenters. The number of carbonyl (C=O) groups excluding carboxylic acids is 1. The van der Waals surface area contributed by atoms with Crippen molar-refractivity contribution < 1.29 is 9.53 Å². The molecule has 0 aliphatic heterocycles. The summed E-state index contributed by atoms with van der Waals surface area (Å²) in [5.74, 6) is 0.398. The highest BCUT2D eigenvalue weighted by molar-refractivity contribution is 5.80. The van der Waals surface area contributed by atoms with Gasteiger partial charge in [0.2, 0.25) is 11.8 Å². The second-order valence-electron chi connectivity index (χ2n) is 5.23. The van der Waals surface area contributed by atoms with Gasteiger partial charge in [0.25, 0.3) is 0 Å². The summed E-state index contributed by atoms with van der Waals surface area (Å²) in [6.45, 7) is 7.96. The molecule has 18 heavy (non-hydrogen) atoms. The van der Waals surface area contributed by atoms with E-state index in [1.54, 1.807) is 19.2 Å². The Balaban J connectivity index is 2.53. The van der Waals surface area contributed by atoms with E-state index in [4.69, 9.17) is 10.5 Å². The Kier molecular flexibility index (Phi) is 4.67. The molecule has 5 heteroatoms. The number of carbonyl (C=O) groups is 1. The van der Waals surface area contributed by atoms with Gasteiger partial charge in [-0.3, -0.25) is 4.79 Å². The minimum atomic E-state index is -0.499. The summed E-state index contributed by atoms with van der Waals surface area (Å²) in [5, 5.41) is 2.72. The van der Waals surface area contributed by atoms with Crippen LogP contribution in [0.25, 0.3) is 0 Å². The topological polar surface area (TPSA) is 77.2 Å². The van der Waals surface area contributed by atoms with E-state index in [9.17, 15) is 4.79 Å². The van der Waals surface area contributed by atoms with E-state index in [2.05, 4.69) is 10.3 Å². The van der Waals surface area contributed by atoms with Crippen molar-refractivity contribution in [1.82, 2.24) is 10.3 Å². The molecule has 1 heterocycles. The Labute approximate surface area is 108 Å². The summed E-state index contributed by atoms with van der Waals surface area (Å²) in [4.78, 5) is 15.5. The maximum atomic E-state index is 11.3. The second-order valence-corrected chi connectivity index (χ2v) is 5.23. The monoisotopic (exact) mass is 251 g/mol. The SMILES string of the molecule is CC(N)C(=O)NCc1ccc(OC(C)(C)C)nc1. The highest BCUT2D eigenvalue weighted by Crippen LogP contribution is 2.15. The summed E-state index contributed by atoms with van der Waals surface area (Å²) in [7, 11) is 0. The number of pyridine rings is 1. The van der Waals surface area contributed by atoms with Crippen LogP contribution in [0.3, 0.4) is 0 Å². The molecule has 1 aromatic heterocycles. The molecule has 0 fully saturated rings. The number of aromatic nitrogens is 1. The predicted octanol–water partition coefficient (Wildman–Crippen LogP) is 1.22. The van der Waals surface area contributed by atoms with Crippen molar-refractivity contribution in [3.8, 4) is 5.88 Å². The van der Waals surface area contributed by atoms with Gasteiger partial charge in [-0.05, 0) is 33.3 Å². The Morgan fingerprint density at radius 3 is 2.61 bits per heavy atom.